The van der Waals surface area contributed by atoms with Gasteiger partial charge in [-0.25, -0.2) is 0 Å². The third-order valence-electron chi connectivity index (χ3n) is 4.36. The number of nitrogens with zero attached hydrogens (tertiary/aromatic N) is 2. The van der Waals surface area contributed by atoms with Gasteiger partial charge in [0.25, 0.3) is 0 Å². The summed E-state index contributed by atoms with van der Waals surface area (Å²) in [4.78, 5) is 0. The van der Waals surface area contributed by atoms with Gasteiger partial charge in [-0.2, -0.15) is 16.9 Å². The van der Waals surface area contributed by atoms with Gasteiger partial charge in [0.05, 0.1) is 5.69 Å². The van der Waals surface area contributed by atoms with Crippen molar-refractivity contribution >= 4 is 11.8 Å². The lowest BCUT2D eigenvalue weighted by molar-refractivity contribution is 0.362. The molecular formula is C15H28N4S. The number of nitrogens with two attached hydrogens (primary N) is 1. The minimum absolute atomic E-state index is 0.350. The summed E-state index contributed by atoms with van der Waals surface area (Å²) < 4.78 is 2.07. The Bertz CT molecular complexity index is 387. The maximum Gasteiger partial charge on any atom is 0.0640 e. The van der Waals surface area contributed by atoms with E-state index in [2.05, 4.69) is 53.1 Å². The highest BCUT2D eigenvalue weighted by Crippen LogP contribution is 2.26. The van der Waals surface area contributed by atoms with Gasteiger partial charge in [0.2, 0.25) is 0 Å². The van der Waals surface area contributed by atoms with E-state index in [0.717, 1.165) is 24.5 Å². The van der Waals surface area contributed by atoms with E-state index in [-0.39, 0.29) is 0 Å². The number of hydrazine groups is 1. The second kappa shape index (κ2) is 8.05. The topological polar surface area (TPSA) is 55.9 Å². The molecule has 1 saturated heterocycles. The SMILES string of the molecule is CCC(C)n1ccc(CC(CC2CCSCC2)NN)n1. The van der Waals surface area contributed by atoms with E-state index in [9.17, 15) is 0 Å². The zero-order valence-electron chi connectivity index (χ0n) is 12.7. The summed E-state index contributed by atoms with van der Waals surface area (Å²) in [6.07, 6.45) is 7.99. The molecule has 0 spiro atoms. The molecule has 0 bridgehead atoms. The highest BCUT2D eigenvalue weighted by Gasteiger charge is 2.19. The maximum absolute atomic E-state index is 5.74. The molecule has 0 radical (unpaired) electrons. The van der Waals surface area contributed by atoms with Crippen LogP contribution in [0.2, 0.25) is 0 Å². The fraction of sp³-hybridized carbons (Fsp3) is 0.800. The second-order valence-electron chi connectivity index (χ2n) is 5.90. The van der Waals surface area contributed by atoms with Crippen LogP contribution in [-0.2, 0) is 6.42 Å². The van der Waals surface area contributed by atoms with Gasteiger partial charge >= 0.3 is 0 Å². The lowest BCUT2D eigenvalue weighted by atomic mass is 9.92. The molecule has 0 amide bonds. The molecule has 1 fully saturated rings. The Morgan fingerprint density at radius 3 is 2.90 bits per heavy atom. The van der Waals surface area contributed by atoms with Crippen LogP contribution >= 0.6 is 11.8 Å². The standard InChI is InChI=1S/C15H28N4S/c1-3-12(2)19-7-4-14(18-19)11-15(17-16)10-13-5-8-20-9-6-13/h4,7,12-13,15,17H,3,5-6,8-11,16H2,1-2H3. The molecule has 114 valence electrons. The Morgan fingerprint density at radius 1 is 1.50 bits per heavy atom. The molecule has 2 unspecified atom stereocenters. The van der Waals surface area contributed by atoms with Crippen molar-refractivity contribution in [3.8, 4) is 0 Å². The monoisotopic (exact) mass is 296 g/mol. The van der Waals surface area contributed by atoms with Crippen molar-refractivity contribution < 1.29 is 0 Å². The highest BCUT2D eigenvalue weighted by molar-refractivity contribution is 7.99. The first kappa shape index (κ1) is 15.9. The van der Waals surface area contributed by atoms with Crippen molar-refractivity contribution in [2.45, 2.75) is 58.0 Å². The predicted molar refractivity (Wildman–Crippen MR) is 86.7 cm³/mol. The van der Waals surface area contributed by atoms with Crippen LogP contribution in [0.4, 0.5) is 0 Å². The molecular weight excluding hydrogens is 268 g/mol. The smallest absolute Gasteiger partial charge is 0.0640 e. The van der Waals surface area contributed by atoms with Crippen LogP contribution in [0, 0.1) is 5.92 Å². The molecule has 4 nitrogen and oxygen atoms in total. The molecule has 2 rings (SSSR count). The number of aromatic nitrogens is 2. The first-order valence-electron chi connectivity index (χ1n) is 7.80. The van der Waals surface area contributed by atoms with E-state index in [0.29, 0.717) is 12.1 Å². The second-order valence-corrected chi connectivity index (χ2v) is 7.13. The minimum atomic E-state index is 0.350. The van der Waals surface area contributed by atoms with Crippen molar-refractivity contribution in [3.63, 3.8) is 0 Å². The highest BCUT2D eigenvalue weighted by atomic mass is 32.2. The van der Waals surface area contributed by atoms with Crippen LogP contribution in [0.25, 0.3) is 0 Å². The Balaban J connectivity index is 1.87. The fourth-order valence-electron chi connectivity index (χ4n) is 2.77. The molecule has 5 heteroatoms. The van der Waals surface area contributed by atoms with Gasteiger partial charge in [-0.3, -0.25) is 16.0 Å². The van der Waals surface area contributed by atoms with Crippen LogP contribution in [0.1, 0.15) is 51.3 Å². The van der Waals surface area contributed by atoms with Crippen molar-refractivity contribution in [2.24, 2.45) is 11.8 Å². The Kier molecular flexibility index (Phi) is 6.39. The van der Waals surface area contributed by atoms with Gasteiger partial charge in [0, 0.05) is 24.7 Å². The molecule has 20 heavy (non-hydrogen) atoms. The molecule has 1 aromatic rings. The van der Waals surface area contributed by atoms with E-state index in [1.54, 1.807) is 0 Å². The quantitative estimate of drug-likeness (QED) is 0.600. The number of hydrogen-bond donors (Lipinski definition) is 2. The molecule has 0 aliphatic carbocycles. The molecule has 2 heterocycles. The molecule has 1 aliphatic heterocycles. The van der Waals surface area contributed by atoms with Gasteiger partial charge in [-0.1, -0.05) is 6.92 Å². The van der Waals surface area contributed by atoms with Crippen LogP contribution in [0.3, 0.4) is 0 Å². The van der Waals surface area contributed by atoms with Gasteiger partial charge in [-0.15, -0.1) is 0 Å². The summed E-state index contributed by atoms with van der Waals surface area (Å²) in [5, 5.41) is 4.68. The largest absolute Gasteiger partial charge is 0.271 e. The number of nitrogens with one attached hydrogen (secondary N) is 1. The summed E-state index contributed by atoms with van der Waals surface area (Å²) in [5.74, 6) is 9.19. The summed E-state index contributed by atoms with van der Waals surface area (Å²) in [5.41, 5.74) is 4.15. The first-order chi connectivity index (χ1) is 9.72. The van der Waals surface area contributed by atoms with E-state index < -0.39 is 0 Å². The van der Waals surface area contributed by atoms with E-state index in [4.69, 9.17) is 5.84 Å². The Morgan fingerprint density at radius 2 is 2.25 bits per heavy atom. The average Bonchev–Trinajstić information content (AvgIpc) is 2.95. The number of rotatable bonds is 7. The minimum Gasteiger partial charge on any atom is -0.271 e. The zero-order valence-corrected chi connectivity index (χ0v) is 13.5. The molecule has 2 atom stereocenters. The average molecular weight is 296 g/mol. The molecule has 3 N–H and O–H groups in total. The summed E-state index contributed by atoms with van der Waals surface area (Å²) in [6.45, 7) is 4.40. The number of thioether (sulfide) groups is 1. The molecule has 1 aromatic heterocycles. The molecule has 0 saturated carbocycles. The van der Waals surface area contributed by atoms with Gasteiger partial charge in [0.15, 0.2) is 0 Å². The lowest BCUT2D eigenvalue weighted by Gasteiger charge is -2.25. The van der Waals surface area contributed by atoms with E-state index in [1.165, 1.54) is 30.8 Å². The van der Waals surface area contributed by atoms with Crippen molar-refractivity contribution in [1.29, 1.82) is 0 Å². The van der Waals surface area contributed by atoms with E-state index >= 15 is 0 Å². The third kappa shape index (κ3) is 4.50. The fourth-order valence-corrected chi connectivity index (χ4v) is 3.97. The van der Waals surface area contributed by atoms with E-state index in [1.807, 2.05) is 0 Å². The van der Waals surface area contributed by atoms with Gasteiger partial charge in [0.1, 0.15) is 0 Å². The van der Waals surface area contributed by atoms with Crippen LogP contribution in [-0.4, -0.2) is 27.3 Å². The molecule has 1 aliphatic rings. The maximum atomic E-state index is 5.74. The number of hydrogen-bond acceptors (Lipinski definition) is 4. The van der Waals surface area contributed by atoms with Crippen LogP contribution in [0.5, 0.6) is 0 Å². The summed E-state index contributed by atoms with van der Waals surface area (Å²) in [6, 6.07) is 2.96. The van der Waals surface area contributed by atoms with Crippen LogP contribution in [0.15, 0.2) is 12.3 Å². The zero-order chi connectivity index (χ0) is 14.4. The lowest BCUT2D eigenvalue weighted by Crippen LogP contribution is -2.38. The van der Waals surface area contributed by atoms with Gasteiger partial charge < -0.3 is 0 Å². The Hall–Kier alpha value is -0.520. The van der Waals surface area contributed by atoms with Crippen molar-refractivity contribution in [1.82, 2.24) is 15.2 Å². The summed E-state index contributed by atoms with van der Waals surface area (Å²) in [7, 11) is 0. The summed E-state index contributed by atoms with van der Waals surface area (Å²) >= 11 is 2.08. The van der Waals surface area contributed by atoms with Gasteiger partial charge in [-0.05, 0) is 56.1 Å². The Labute approximate surface area is 126 Å². The normalized spacial score (nSPS) is 19.9. The van der Waals surface area contributed by atoms with Crippen LogP contribution < -0.4 is 11.3 Å². The first-order valence-corrected chi connectivity index (χ1v) is 8.96. The third-order valence-corrected chi connectivity index (χ3v) is 5.40. The van der Waals surface area contributed by atoms with Crippen molar-refractivity contribution in [3.05, 3.63) is 18.0 Å². The van der Waals surface area contributed by atoms with Crippen molar-refractivity contribution in [2.75, 3.05) is 11.5 Å². The predicted octanol–water partition coefficient (Wildman–Crippen LogP) is 2.76. The molecule has 0 aromatic carbocycles.